The molecular formula is C22H28ClN3O3S2. The highest BCUT2D eigenvalue weighted by Gasteiger charge is 2.27. The van der Waals surface area contributed by atoms with Crippen molar-refractivity contribution in [1.82, 2.24) is 9.88 Å². The number of aromatic nitrogens is 1. The predicted molar refractivity (Wildman–Crippen MR) is 131 cm³/mol. The van der Waals surface area contributed by atoms with Gasteiger partial charge in [0.1, 0.15) is 0 Å². The molecule has 0 N–H and O–H groups in total. The lowest BCUT2D eigenvalue weighted by Crippen LogP contribution is -2.37. The van der Waals surface area contributed by atoms with Crippen LogP contribution >= 0.6 is 23.7 Å². The Balaban J connectivity index is 0.00000341. The van der Waals surface area contributed by atoms with E-state index in [1.807, 2.05) is 32.8 Å². The zero-order chi connectivity index (χ0) is 22.1. The van der Waals surface area contributed by atoms with E-state index < -0.39 is 9.84 Å². The second-order valence-electron chi connectivity index (χ2n) is 7.58. The SMILES string of the molecule is CCS(=O)(=O)c1ccccc1C(=O)N(CCN(C)C)c1nc2c(C)cc(C)cc2s1.Cl. The third kappa shape index (κ3) is 5.44. The van der Waals surface area contributed by atoms with Gasteiger partial charge in [-0.25, -0.2) is 13.4 Å². The summed E-state index contributed by atoms with van der Waals surface area (Å²) in [6, 6.07) is 10.6. The molecule has 0 fully saturated rings. The van der Waals surface area contributed by atoms with Gasteiger partial charge in [0.05, 0.1) is 26.4 Å². The fourth-order valence-corrected chi connectivity index (χ4v) is 5.53. The van der Waals surface area contributed by atoms with Crippen molar-refractivity contribution in [2.24, 2.45) is 0 Å². The molecule has 9 heteroatoms. The van der Waals surface area contributed by atoms with Gasteiger partial charge in [0, 0.05) is 13.1 Å². The molecule has 1 amide bonds. The zero-order valence-corrected chi connectivity index (χ0v) is 20.8. The smallest absolute Gasteiger partial charge is 0.261 e. The summed E-state index contributed by atoms with van der Waals surface area (Å²) in [5.41, 5.74) is 3.25. The molecule has 3 aromatic rings. The number of fused-ring (bicyclic) bond motifs is 1. The Morgan fingerprint density at radius 1 is 1.10 bits per heavy atom. The van der Waals surface area contributed by atoms with Crippen LogP contribution in [0.1, 0.15) is 28.4 Å². The van der Waals surface area contributed by atoms with Crippen LogP contribution in [-0.4, -0.2) is 57.1 Å². The van der Waals surface area contributed by atoms with E-state index in [1.54, 1.807) is 30.0 Å². The molecule has 6 nitrogen and oxygen atoms in total. The van der Waals surface area contributed by atoms with E-state index >= 15 is 0 Å². The molecule has 0 atom stereocenters. The molecule has 1 aromatic heterocycles. The Morgan fingerprint density at radius 3 is 2.42 bits per heavy atom. The molecule has 0 bridgehead atoms. The lowest BCUT2D eigenvalue weighted by atomic mass is 10.1. The van der Waals surface area contributed by atoms with Crippen molar-refractivity contribution in [2.75, 3.05) is 37.8 Å². The summed E-state index contributed by atoms with van der Waals surface area (Å²) in [5.74, 6) is -0.410. The highest BCUT2D eigenvalue weighted by atomic mass is 35.5. The molecule has 2 aromatic carbocycles. The molecular weight excluding hydrogens is 454 g/mol. The van der Waals surface area contributed by atoms with Crippen LogP contribution in [0.3, 0.4) is 0 Å². The van der Waals surface area contributed by atoms with Gasteiger partial charge in [-0.15, -0.1) is 12.4 Å². The van der Waals surface area contributed by atoms with Gasteiger partial charge < -0.3 is 4.90 Å². The largest absolute Gasteiger partial charge is 0.308 e. The molecule has 0 unspecified atom stereocenters. The summed E-state index contributed by atoms with van der Waals surface area (Å²) in [4.78, 5) is 22.0. The standard InChI is InChI=1S/C22H27N3O3S2.ClH/c1-6-30(27,28)19-10-8-7-9-17(19)21(26)25(12-11-24(4)5)22-23-20-16(3)13-15(2)14-18(20)29-22;/h7-10,13-14H,6,11-12H2,1-5H3;1H. The number of hydrogen-bond acceptors (Lipinski definition) is 6. The van der Waals surface area contributed by atoms with E-state index in [2.05, 4.69) is 12.1 Å². The first-order valence-corrected chi connectivity index (χ1v) is 12.3. The Labute approximate surface area is 194 Å². The number of nitrogens with zero attached hydrogens (tertiary/aromatic N) is 3. The van der Waals surface area contributed by atoms with Crippen LogP contribution in [0.25, 0.3) is 10.2 Å². The Kier molecular flexibility index (Phi) is 8.21. The van der Waals surface area contributed by atoms with Crippen LogP contribution in [-0.2, 0) is 9.84 Å². The van der Waals surface area contributed by atoms with Crippen LogP contribution in [0.15, 0.2) is 41.3 Å². The second-order valence-corrected chi connectivity index (χ2v) is 10.8. The number of amides is 1. The Bertz CT molecular complexity index is 1190. The fraction of sp³-hybridized carbons (Fsp3) is 0.364. The lowest BCUT2D eigenvalue weighted by molar-refractivity contribution is 0.0982. The van der Waals surface area contributed by atoms with Crippen LogP contribution in [0.4, 0.5) is 5.13 Å². The maximum Gasteiger partial charge on any atom is 0.261 e. The minimum absolute atomic E-state index is 0. The molecule has 0 aliphatic rings. The summed E-state index contributed by atoms with van der Waals surface area (Å²) in [7, 11) is 0.336. The third-order valence-corrected chi connectivity index (χ3v) is 7.71. The number of anilines is 1. The minimum Gasteiger partial charge on any atom is -0.308 e. The maximum absolute atomic E-state index is 13.6. The number of carbonyl (C=O) groups excluding carboxylic acids is 1. The predicted octanol–water partition coefficient (Wildman–Crippen LogP) is 4.34. The molecule has 31 heavy (non-hydrogen) atoms. The quantitative estimate of drug-likeness (QED) is 0.502. The van der Waals surface area contributed by atoms with Crippen molar-refractivity contribution in [3.63, 3.8) is 0 Å². The fourth-order valence-electron chi connectivity index (χ4n) is 3.27. The Hall–Kier alpha value is -2.00. The number of sulfone groups is 1. The topological polar surface area (TPSA) is 70.6 Å². The second kappa shape index (κ2) is 10.1. The highest BCUT2D eigenvalue weighted by molar-refractivity contribution is 7.91. The molecule has 3 rings (SSSR count). The number of halogens is 1. The highest BCUT2D eigenvalue weighted by Crippen LogP contribution is 2.33. The van der Waals surface area contributed by atoms with Gasteiger partial charge >= 0.3 is 0 Å². The number of hydrogen-bond donors (Lipinski definition) is 0. The molecule has 0 radical (unpaired) electrons. The first-order valence-electron chi connectivity index (χ1n) is 9.80. The van der Waals surface area contributed by atoms with E-state index in [-0.39, 0.29) is 34.5 Å². The summed E-state index contributed by atoms with van der Waals surface area (Å²) in [6.45, 7) is 6.66. The average Bonchev–Trinajstić information content (AvgIpc) is 3.11. The average molecular weight is 482 g/mol. The molecule has 0 saturated heterocycles. The Morgan fingerprint density at radius 2 is 1.77 bits per heavy atom. The summed E-state index contributed by atoms with van der Waals surface area (Å²) in [6.07, 6.45) is 0. The minimum atomic E-state index is -3.53. The van der Waals surface area contributed by atoms with Gasteiger partial charge in [0.2, 0.25) is 0 Å². The molecule has 0 aliphatic heterocycles. The first kappa shape index (κ1) is 25.3. The van der Waals surface area contributed by atoms with Crippen LogP contribution in [0.2, 0.25) is 0 Å². The van der Waals surface area contributed by atoms with E-state index in [1.165, 1.54) is 17.4 Å². The molecule has 0 aliphatic carbocycles. The van der Waals surface area contributed by atoms with Crippen molar-refractivity contribution < 1.29 is 13.2 Å². The lowest BCUT2D eigenvalue weighted by Gasteiger charge is -2.23. The molecule has 1 heterocycles. The number of aryl methyl sites for hydroxylation is 2. The molecule has 168 valence electrons. The van der Waals surface area contributed by atoms with Gasteiger partial charge in [0.25, 0.3) is 5.91 Å². The molecule has 0 spiro atoms. The van der Waals surface area contributed by atoms with Gasteiger partial charge in [-0.2, -0.15) is 0 Å². The summed E-state index contributed by atoms with van der Waals surface area (Å²) in [5, 5.41) is 0.578. The van der Waals surface area contributed by atoms with Crippen LogP contribution < -0.4 is 4.90 Å². The maximum atomic E-state index is 13.6. The van der Waals surface area contributed by atoms with Crippen molar-refractivity contribution >= 4 is 54.8 Å². The van der Waals surface area contributed by atoms with E-state index in [0.717, 1.165) is 21.3 Å². The van der Waals surface area contributed by atoms with E-state index in [4.69, 9.17) is 4.98 Å². The van der Waals surface area contributed by atoms with Gasteiger partial charge in [-0.3, -0.25) is 9.69 Å². The van der Waals surface area contributed by atoms with E-state index in [9.17, 15) is 13.2 Å². The first-order chi connectivity index (χ1) is 14.1. The number of likely N-dealkylation sites (N-methyl/N-ethyl adjacent to an activating group) is 1. The number of thiazole rings is 1. The van der Waals surface area contributed by atoms with Gasteiger partial charge in [0.15, 0.2) is 15.0 Å². The monoisotopic (exact) mass is 481 g/mol. The van der Waals surface area contributed by atoms with Crippen molar-refractivity contribution in [2.45, 2.75) is 25.7 Å². The number of benzene rings is 2. The van der Waals surface area contributed by atoms with Gasteiger partial charge in [-0.05, 0) is 57.3 Å². The normalized spacial score (nSPS) is 11.5. The van der Waals surface area contributed by atoms with E-state index in [0.29, 0.717) is 18.2 Å². The van der Waals surface area contributed by atoms with Gasteiger partial charge in [-0.1, -0.05) is 36.5 Å². The third-order valence-electron chi connectivity index (χ3n) is 4.90. The zero-order valence-electron chi connectivity index (χ0n) is 18.4. The molecule has 0 saturated carbocycles. The number of rotatable bonds is 7. The van der Waals surface area contributed by atoms with Crippen molar-refractivity contribution in [3.8, 4) is 0 Å². The number of carbonyl (C=O) groups is 1. The summed E-state index contributed by atoms with van der Waals surface area (Å²) >= 11 is 1.45. The van der Waals surface area contributed by atoms with Crippen molar-refractivity contribution in [3.05, 3.63) is 53.1 Å². The summed E-state index contributed by atoms with van der Waals surface area (Å²) < 4.78 is 26.2. The van der Waals surface area contributed by atoms with Crippen LogP contribution in [0, 0.1) is 13.8 Å². The van der Waals surface area contributed by atoms with Crippen molar-refractivity contribution in [1.29, 1.82) is 0 Å². The van der Waals surface area contributed by atoms with Crippen LogP contribution in [0.5, 0.6) is 0 Å².